The van der Waals surface area contributed by atoms with E-state index in [0.717, 1.165) is 45.6 Å². The Morgan fingerprint density at radius 2 is 1.72 bits per heavy atom. The number of hydrogen-bond acceptors (Lipinski definition) is 4. The van der Waals surface area contributed by atoms with Crippen molar-refractivity contribution in [2.24, 2.45) is 5.84 Å². The molecule has 1 aromatic heterocycles. The molecule has 32 heavy (non-hydrogen) atoms. The van der Waals surface area contributed by atoms with Gasteiger partial charge in [-0.1, -0.05) is 30.3 Å². The molecule has 4 rings (SSSR count). The van der Waals surface area contributed by atoms with E-state index >= 15 is 0 Å². The van der Waals surface area contributed by atoms with Crippen molar-refractivity contribution in [2.45, 2.75) is 12.8 Å². The standard InChI is InChI=1S/C24H18F3N3O2/c25-24(26,27)19-8-10-20(11-9-19)30(28)23(31)16-5-3-6-21(12-16)32-15-18-14-29-13-17-4-1-2-7-22(17)18/h1-14H,15,28H2. The van der Waals surface area contributed by atoms with Crippen LogP contribution in [0.25, 0.3) is 10.8 Å². The number of nitrogens with two attached hydrogens (primary N) is 1. The highest BCUT2D eigenvalue weighted by molar-refractivity contribution is 6.05. The second kappa shape index (κ2) is 8.68. The molecule has 0 bridgehead atoms. The molecule has 8 heteroatoms. The summed E-state index contributed by atoms with van der Waals surface area (Å²) in [5, 5.41) is 2.81. The van der Waals surface area contributed by atoms with Gasteiger partial charge in [0.05, 0.1) is 11.3 Å². The van der Waals surface area contributed by atoms with Crippen LogP contribution in [0.3, 0.4) is 0 Å². The van der Waals surface area contributed by atoms with E-state index in [9.17, 15) is 18.0 Å². The van der Waals surface area contributed by atoms with Gasteiger partial charge in [-0.15, -0.1) is 0 Å². The van der Waals surface area contributed by atoms with Crippen LogP contribution in [0.5, 0.6) is 5.75 Å². The van der Waals surface area contributed by atoms with Crippen LogP contribution in [0.4, 0.5) is 18.9 Å². The molecule has 4 aromatic rings. The third kappa shape index (κ3) is 4.55. The number of amides is 1. The number of carbonyl (C=O) groups is 1. The van der Waals surface area contributed by atoms with Gasteiger partial charge >= 0.3 is 6.18 Å². The Balaban J connectivity index is 1.49. The Bertz CT molecular complexity index is 1250. The molecule has 0 fully saturated rings. The Morgan fingerprint density at radius 3 is 2.47 bits per heavy atom. The highest BCUT2D eigenvalue weighted by atomic mass is 19.4. The molecule has 0 aliphatic heterocycles. The maximum absolute atomic E-state index is 12.7. The van der Waals surface area contributed by atoms with Gasteiger partial charge in [-0.3, -0.25) is 9.78 Å². The van der Waals surface area contributed by atoms with Gasteiger partial charge in [0.15, 0.2) is 0 Å². The third-order valence-electron chi connectivity index (χ3n) is 4.92. The first-order chi connectivity index (χ1) is 15.3. The molecule has 0 radical (unpaired) electrons. The predicted octanol–water partition coefficient (Wildman–Crippen LogP) is 5.35. The van der Waals surface area contributed by atoms with Crippen molar-refractivity contribution in [3.63, 3.8) is 0 Å². The molecular weight excluding hydrogens is 419 g/mol. The normalized spacial score (nSPS) is 11.4. The topological polar surface area (TPSA) is 68.5 Å². The summed E-state index contributed by atoms with van der Waals surface area (Å²) < 4.78 is 44.1. The van der Waals surface area contributed by atoms with Crippen LogP contribution in [-0.4, -0.2) is 10.9 Å². The maximum atomic E-state index is 12.7. The molecule has 2 N–H and O–H groups in total. The average molecular weight is 437 g/mol. The largest absolute Gasteiger partial charge is 0.489 e. The summed E-state index contributed by atoms with van der Waals surface area (Å²) in [7, 11) is 0. The van der Waals surface area contributed by atoms with E-state index < -0.39 is 17.6 Å². The van der Waals surface area contributed by atoms with Crippen molar-refractivity contribution < 1.29 is 22.7 Å². The van der Waals surface area contributed by atoms with Crippen molar-refractivity contribution >= 4 is 22.4 Å². The lowest BCUT2D eigenvalue weighted by Crippen LogP contribution is -2.37. The molecule has 0 atom stereocenters. The fourth-order valence-electron chi connectivity index (χ4n) is 3.24. The minimum atomic E-state index is -4.47. The lowest BCUT2D eigenvalue weighted by molar-refractivity contribution is -0.137. The number of benzene rings is 3. The number of hydrogen-bond donors (Lipinski definition) is 1. The summed E-state index contributed by atoms with van der Waals surface area (Å²) in [6.45, 7) is 0.247. The zero-order chi connectivity index (χ0) is 22.7. The molecule has 0 spiro atoms. The highest BCUT2D eigenvalue weighted by Crippen LogP contribution is 2.30. The lowest BCUT2D eigenvalue weighted by Gasteiger charge is -2.18. The van der Waals surface area contributed by atoms with Crippen molar-refractivity contribution in [3.05, 3.63) is 102 Å². The SMILES string of the molecule is NN(C(=O)c1cccc(OCc2cncc3ccccc23)c1)c1ccc(C(F)(F)F)cc1. The second-order valence-electron chi connectivity index (χ2n) is 7.06. The highest BCUT2D eigenvalue weighted by Gasteiger charge is 2.30. The van der Waals surface area contributed by atoms with Gasteiger partial charge in [-0.2, -0.15) is 13.2 Å². The third-order valence-corrected chi connectivity index (χ3v) is 4.92. The molecule has 162 valence electrons. The van der Waals surface area contributed by atoms with Crippen LogP contribution in [-0.2, 0) is 12.8 Å². The van der Waals surface area contributed by atoms with E-state index in [1.807, 2.05) is 24.3 Å². The Hall–Kier alpha value is -3.91. The van der Waals surface area contributed by atoms with Gasteiger partial charge in [0, 0.05) is 28.9 Å². The fraction of sp³-hybridized carbons (Fsp3) is 0.0833. The Labute approximate surface area is 181 Å². The summed E-state index contributed by atoms with van der Waals surface area (Å²) in [6.07, 6.45) is -0.966. The van der Waals surface area contributed by atoms with E-state index in [1.165, 1.54) is 6.07 Å². The molecule has 5 nitrogen and oxygen atoms in total. The van der Waals surface area contributed by atoms with Gasteiger partial charge in [0.25, 0.3) is 5.91 Å². The van der Waals surface area contributed by atoms with Gasteiger partial charge in [0.2, 0.25) is 0 Å². The number of aromatic nitrogens is 1. The zero-order valence-corrected chi connectivity index (χ0v) is 16.7. The minimum absolute atomic E-state index is 0.135. The first-order valence-corrected chi connectivity index (χ1v) is 9.64. The van der Waals surface area contributed by atoms with Gasteiger partial charge in [-0.05, 0) is 47.9 Å². The average Bonchev–Trinajstić information content (AvgIpc) is 2.81. The number of nitrogens with zero attached hydrogens (tertiary/aromatic N) is 2. The number of rotatable bonds is 5. The van der Waals surface area contributed by atoms with Crippen LogP contribution in [0.1, 0.15) is 21.5 Å². The zero-order valence-electron chi connectivity index (χ0n) is 16.7. The van der Waals surface area contributed by atoms with Crippen LogP contribution >= 0.6 is 0 Å². The van der Waals surface area contributed by atoms with E-state index in [-0.39, 0.29) is 17.9 Å². The molecule has 0 saturated carbocycles. The number of alkyl halides is 3. The van der Waals surface area contributed by atoms with Crippen molar-refractivity contribution in [3.8, 4) is 5.75 Å². The molecule has 3 aromatic carbocycles. The number of pyridine rings is 1. The number of halogens is 3. The number of anilines is 1. The predicted molar refractivity (Wildman–Crippen MR) is 115 cm³/mol. The number of carbonyl (C=O) groups excluding carboxylic acids is 1. The quantitative estimate of drug-likeness (QED) is 0.260. The first-order valence-electron chi connectivity index (χ1n) is 9.64. The van der Waals surface area contributed by atoms with E-state index in [0.29, 0.717) is 5.75 Å². The Kier molecular flexibility index (Phi) is 5.79. The lowest BCUT2D eigenvalue weighted by atomic mass is 10.1. The van der Waals surface area contributed by atoms with Crippen LogP contribution in [0.15, 0.2) is 85.2 Å². The molecule has 0 aliphatic rings. The molecule has 0 aliphatic carbocycles. The minimum Gasteiger partial charge on any atom is -0.489 e. The summed E-state index contributed by atoms with van der Waals surface area (Å²) in [5.74, 6) is 5.73. The van der Waals surface area contributed by atoms with Crippen molar-refractivity contribution in [2.75, 3.05) is 5.01 Å². The van der Waals surface area contributed by atoms with Crippen molar-refractivity contribution in [1.29, 1.82) is 0 Å². The van der Waals surface area contributed by atoms with Gasteiger partial charge < -0.3 is 4.74 Å². The summed E-state index contributed by atoms with van der Waals surface area (Å²) in [4.78, 5) is 17.0. The first kappa shape index (κ1) is 21.3. The smallest absolute Gasteiger partial charge is 0.416 e. The van der Waals surface area contributed by atoms with Crippen LogP contribution in [0, 0.1) is 0 Å². The van der Waals surface area contributed by atoms with Crippen LogP contribution < -0.4 is 15.6 Å². The molecule has 0 saturated heterocycles. The van der Waals surface area contributed by atoms with Gasteiger partial charge in [-0.25, -0.2) is 10.9 Å². The monoisotopic (exact) mass is 437 g/mol. The van der Waals surface area contributed by atoms with E-state index in [4.69, 9.17) is 10.6 Å². The number of hydrazine groups is 1. The molecule has 1 heterocycles. The molecular formula is C24H18F3N3O2. The fourth-order valence-corrected chi connectivity index (χ4v) is 3.24. The summed E-state index contributed by atoms with van der Waals surface area (Å²) in [5.41, 5.74) is 0.447. The van der Waals surface area contributed by atoms with Crippen LogP contribution in [0.2, 0.25) is 0 Å². The number of fused-ring (bicyclic) bond motifs is 1. The number of ether oxygens (including phenoxy) is 1. The molecule has 1 amide bonds. The van der Waals surface area contributed by atoms with E-state index in [1.54, 1.807) is 30.6 Å². The second-order valence-corrected chi connectivity index (χ2v) is 7.06. The summed E-state index contributed by atoms with van der Waals surface area (Å²) >= 11 is 0. The molecule has 0 unspecified atom stereocenters. The maximum Gasteiger partial charge on any atom is 0.416 e. The Morgan fingerprint density at radius 1 is 0.969 bits per heavy atom. The van der Waals surface area contributed by atoms with E-state index in [2.05, 4.69) is 4.98 Å². The van der Waals surface area contributed by atoms with Crippen molar-refractivity contribution in [1.82, 2.24) is 4.98 Å². The summed E-state index contributed by atoms with van der Waals surface area (Å²) in [6, 6.07) is 18.3. The van der Waals surface area contributed by atoms with Gasteiger partial charge in [0.1, 0.15) is 12.4 Å².